The Morgan fingerprint density at radius 2 is 1.56 bits per heavy atom. The molecule has 0 aliphatic carbocycles. The monoisotopic (exact) mass is 601 g/mol. The van der Waals surface area contributed by atoms with E-state index < -0.39 is 6.04 Å². The number of piperazine rings is 1. The molecule has 228 valence electrons. The van der Waals surface area contributed by atoms with E-state index in [1.807, 2.05) is 41.3 Å². The van der Waals surface area contributed by atoms with Crippen LogP contribution in [-0.2, 0) is 34.6 Å². The van der Waals surface area contributed by atoms with Crippen molar-refractivity contribution in [1.29, 1.82) is 0 Å². The molecular formula is C35H44ClN5O2. The van der Waals surface area contributed by atoms with Crippen molar-refractivity contribution in [2.75, 3.05) is 39.3 Å². The number of fused-ring (bicyclic) bond motifs is 1. The third kappa shape index (κ3) is 6.96. The molecule has 2 heterocycles. The quantitative estimate of drug-likeness (QED) is 0.360. The Kier molecular flexibility index (Phi) is 10.2. The zero-order chi connectivity index (χ0) is 30.4. The Hall–Kier alpha value is -3.23. The van der Waals surface area contributed by atoms with Gasteiger partial charge < -0.3 is 15.5 Å². The largest absolute Gasteiger partial charge is 0.343 e. The zero-order valence-corrected chi connectivity index (χ0v) is 26.3. The van der Waals surface area contributed by atoms with Crippen molar-refractivity contribution in [1.82, 2.24) is 25.3 Å². The molecule has 8 heteroatoms. The van der Waals surface area contributed by atoms with E-state index in [9.17, 15) is 9.59 Å². The molecule has 0 saturated carbocycles. The highest BCUT2D eigenvalue weighted by Gasteiger charge is 2.41. The number of nitrogens with one attached hydrogen (secondary N) is 2. The molecule has 0 aromatic heterocycles. The number of carbonyl (C=O) groups is 2. The number of hydrogen-bond donors (Lipinski definition) is 2. The third-order valence-corrected chi connectivity index (χ3v) is 9.52. The number of benzene rings is 3. The van der Waals surface area contributed by atoms with E-state index in [1.54, 1.807) is 0 Å². The van der Waals surface area contributed by atoms with Gasteiger partial charge in [-0.25, -0.2) is 0 Å². The van der Waals surface area contributed by atoms with E-state index in [2.05, 4.69) is 83.7 Å². The van der Waals surface area contributed by atoms with Gasteiger partial charge in [0.1, 0.15) is 6.04 Å². The summed E-state index contributed by atoms with van der Waals surface area (Å²) in [5.41, 5.74) is 4.33. The molecule has 3 atom stereocenters. The molecule has 2 amide bonds. The number of amides is 2. The van der Waals surface area contributed by atoms with Gasteiger partial charge in [-0.3, -0.25) is 19.4 Å². The summed E-state index contributed by atoms with van der Waals surface area (Å²) in [6.07, 6.45) is 1.01. The van der Waals surface area contributed by atoms with Crippen molar-refractivity contribution in [2.24, 2.45) is 0 Å². The molecule has 3 unspecified atom stereocenters. The second-order valence-electron chi connectivity index (χ2n) is 11.7. The van der Waals surface area contributed by atoms with Crippen molar-refractivity contribution in [3.63, 3.8) is 0 Å². The fourth-order valence-electron chi connectivity index (χ4n) is 6.71. The molecule has 5 rings (SSSR count). The molecule has 3 aromatic carbocycles. The average molecular weight is 602 g/mol. The summed E-state index contributed by atoms with van der Waals surface area (Å²) in [6.45, 7) is 11.9. The van der Waals surface area contributed by atoms with Gasteiger partial charge in [0, 0.05) is 44.2 Å². The van der Waals surface area contributed by atoms with Crippen LogP contribution in [0.5, 0.6) is 0 Å². The van der Waals surface area contributed by atoms with Gasteiger partial charge in [0.15, 0.2) is 0 Å². The van der Waals surface area contributed by atoms with Crippen molar-refractivity contribution < 1.29 is 9.59 Å². The lowest BCUT2D eigenvalue weighted by Gasteiger charge is -2.51. The Morgan fingerprint density at radius 3 is 2.21 bits per heavy atom. The highest BCUT2D eigenvalue weighted by atomic mass is 35.5. The van der Waals surface area contributed by atoms with Crippen LogP contribution in [0.4, 0.5) is 0 Å². The van der Waals surface area contributed by atoms with Crippen LogP contribution in [0.1, 0.15) is 43.0 Å². The predicted octanol–water partition coefficient (Wildman–Crippen LogP) is 4.44. The van der Waals surface area contributed by atoms with Gasteiger partial charge in [-0.2, -0.15) is 0 Å². The van der Waals surface area contributed by atoms with Gasteiger partial charge in [0.2, 0.25) is 11.8 Å². The Balaban J connectivity index is 1.31. The molecule has 2 aliphatic heterocycles. The van der Waals surface area contributed by atoms with E-state index >= 15 is 0 Å². The van der Waals surface area contributed by atoms with Gasteiger partial charge in [-0.1, -0.05) is 92.2 Å². The summed E-state index contributed by atoms with van der Waals surface area (Å²) in [7, 11) is 0. The number of carbonyl (C=O) groups excluding carboxylic acids is 2. The molecular weight excluding hydrogens is 558 g/mol. The van der Waals surface area contributed by atoms with E-state index in [0.717, 1.165) is 31.7 Å². The normalized spacial score (nSPS) is 19.4. The highest BCUT2D eigenvalue weighted by molar-refractivity contribution is 6.30. The topological polar surface area (TPSA) is 67.9 Å². The van der Waals surface area contributed by atoms with Crippen LogP contribution in [0.15, 0.2) is 78.9 Å². The Morgan fingerprint density at radius 1 is 0.930 bits per heavy atom. The summed E-state index contributed by atoms with van der Waals surface area (Å²) >= 11 is 6.14. The highest BCUT2D eigenvalue weighted by Crippen LogP contribution is 2.33. The molecule has 1 fully saturated rings. The zero-order valence-electron chi connectivity index (χ0n) is 25.6. The predicted molar refractivity (Wildman–Crippen MR) is 173 cm³/mol. The SMILES string of the molecule is CCN(CC)C(C)(c1ccccc1)N1CCN(C(=O)C(Cc2ccc(Cl)cc2)NC(=O)C2Cc3ccccc3CN2)CC1. The van der Waals surface area contributed by atoms with E-state index in [-0.39, 0.29) is 23.5 Å². The van der Waals surface area contributed by atoms with Gasteiger partial charge in [0.05, 0.1) is 11.7 Å². The summed E-state index contributed by atoms with van der Waals surface area (Å²) in [6, 6.07) is 25.3. The van der Waals surface area contributed by atoms with Crippen LogP contribution in [0.3, 0.4) is 0 Å². The van der Waals surface area contributed by atoms with Crippen LogP contribution in [0.2, 0.25) is 5.02 Å². The Bertz CT molecular complexity index is 1370. The lowest BCUT2D eigenvalue weighted by atomic mass is 9.95. The van der Waals surface area contributed by atoms with Crippen LogP contribution in [0.25, 0.3) is 0 Å². The van der Waals surface area contributed by atoms with Crippen LogP contribution in [-0.4, -0.2) is 77.9 Å². The van der Waals surface area contributed by atoms with E-state index in [0.29, 0.717) is 37.5 Å². The standard InChI is InChI=1S/C35H44ClN5O2/c1-4-40(5-2)35(3,29-13-7-6-8-14-29)41-21-19-39(20-22-41)34(43)32(23-26-15-17-30(36)18-16-26)38-33(42)31-24-27-11-9-10-12-28(27)25-37-31/h6-18,31-32,37H,4-5,19-25H2,1-3H3,(H,38,42). The van der Waals surface area contributed by atoms with E-state index in [4.69, 9.17) is 11.6 Å². The molecule has 43 heavy (non-hydrogen) atoms. The summed E-state index contributed by atoms with van der Waals surface area (Å²) in [4.78, 5) is 34.6. The minimum absolute atomic E-state index is 0.0385. The Labute approximate surface area is 261 Å². The second-order valence-corrected chi connectivity index (χ2v) is 12.1. The second kappa shape index (κ2) is 14.0. The van der Waals surface area contributed by atoms with Crippen LogP contribution in [0, 0.1) is 0 Å². The van der Waals surface area contributed by atoms with E-state index in [1.165, 1.54) is 16.7 Å². The third-order valence-electron chi connectivity index (χ3n) is 9.27. The number of hydrogen-bond acceptors (Lipinski definition) is 5. The summed E-state index contributed by atoms with van der Waals surface area (Å²) < 4.78 is 0. The molecule has 2 aliphatic rings. The molecule has 2 N–H and O–H groups in total. The minimum Gasteiger partial charge on any atom is -0.343 e. The van der Waals surface area contributed by atoms with Crippen LogP contribution >= 0.6 is 11.6 Å². The summed E-state index contributed by atoms with van der Waals surface area (Å²) in [5, 5.41) is 7.14. The fraction of sp³-hybridized carbons (Fsp3) is 0.429. The maximum atomic E-state index is 14.1. The van der Waals surface area contributed by atoms with Crippen molar-refractivity contribution in [3.8, 4) is 0 Å². The van der Waals surface area contributed by atoms with Gasteiger partial charge in [0.25, 0.3) is 0 Å². The molecule has 0 spiro atoms. The average Bonchev–Trinajstić information content (AvgIpc) is 3.05. The number of nitrogens with zero attached hydrogens (tertiary/aromatic N) is 3. The van der Waals surface area contributed by atoms with Gasteiger partial charge in [-0.05, 0) is 60.8 Å². The molecule has 3 aromatic rings. The maximum Gasteiger partial charge on any atom is 0.245 e. The van der Waals surface area contributed by atoms with Gasteiger partial charge in [-0.15, -0.1) is 0 Å². The smallest absolute Gasteiger partial charge is 0.245 e. The van der Waals surface area contributed by atoms with Crippen LogP contribution < -0.4 is 10.6 Å². The lowest BCUT2D eigenvalue weighted by molar-refractivity contribution is -0.141. The lowest BCUT2D eigenvalue weighted by Crippen LogP contribution is -2.63. The van der Waals surface area contributed by atoms with Crippen molar-refractivity contribution >= 4 is 23.4 Å². The molecule has 1 saturated heterocycles. The van der Waals surface area contributed by atoms with Crippen molar-refractivity contribution in [2.45, 2.75) is 57.9 Å². The fourth-order valence-corrected chi connectivity index (χ4v) is 6.84. The molecule has 7 nitrogen and oxygen atoms in total. The van der Waals surface area contributed by atoms with Crippen molar-refractivity contribution in [3.05, 3.63) is 106 Å². The van der Waals surface area contributed by atoms with Gasteiger partial charge >= 0.3 is 0 Å². The number of halogens is 1. The molecule has 0 radical (unpaired) electrons. The first kappa shape index (κ1) is 31.2. The number of rotatable bonds is 10. The first-order valence-corrected chi connectivity index (χ1v) is 15.9. The maximum absolute atomic E-state index is 14.1. The minimum atomic E-state index is -0.664. The first-order valence-electron chi connectivity index (χ1n) is 15.5. The first-order chi connectivity index (χ1) is 20.8. The summed E-state index contributed by atoms with van der Waals surface area (Å²) in [5.74, 6) is -0.179. The molecule has 0 bridgehead atoms.